The Bertz CT molecular complexity index is 472. The molecule has 0 aromatic heterocycles. The van der Waals surface area contributed by atoms with Gasteiger partial charge < -0.3 is 0 Å². The van der Waals surface area contributed by atoms with Crippen molar-refractivity contribution in [3.8, 4) is 0 Å². The molecule has 0 amide bonds. The third-order valence-electron chi connectivity index (χ3n) is 3.71. The summed E-state index contributed by atoms with van der Waals surface area (Å²) in [6.07, 6.45) is 6.74. The van der Waals surface area contributed by atoms with Crippen molar-refractivity contribution in [2.45, 2.75) is 46.0 Å². The molecule has 1 aliphatic rings. The molecule has 2 heteroatoms. The average molecular weight is 300 g/mol. The van der Waals surface area contributed by atoms with E-state index in [4.69, 9.17) is 0 Å². The molecule has 1 aliphatic carbocycles. The minimum Gasteiger partial charge on any atom is -0.108 e. The first-order valence-electron chi connectivity index (χ1n) is 7.34. The predicted octanol–water partition coefficient (Wildman–Crippen LogP) is 6.23. The second-order valence-corrected chi connectivity index (χ2v) is 8.47. The molecule has 0 bridgehead atoms. The van der Waals surface area contributed by atoms with E-state index in [2.05, 4.69) is 84.2 Å². The molecule has 2 aromatic rings. The Morgan fingerprint density at radius 3 is 1.50 bits per heavy atom. The lowest BCUT2D eigenvalue weighted by Gasteiger charge is -2.36. The summed E-state index contributed by atoms with van der Waals surface area (Å²) < 4.78 is 0.320. The van der Waals surface area contributed by atoms with Gasteiger partial charge in [-0.05, 0) is 37.1 Å². The maximum Gasteiger partial charge on any atom is 0.0705 e. The molecule has 0 spiro atoms. The monoisotopic (exact) mass is 300 g/mol. The SMILES string of the molecule is c1ccc(SC2(Sc3ccccc3)CCCCC2)cc1. The van der Waals surface area contributed by atoms with Crippen LogP contribution in [-0.4, -0.2) is 4.08 Å². The lowest BCUT2D eigenvalue weighted by atomic mass is 10.00. The smallest absolute Gasteiger partial charge is 0.0705 e. The van der Waals surface area contributed by atoms with E-state index < -0.39 is 0 Å². The van der Waals surface area contributed by atoms with Crippen LogP contribution in [0.15, 0.2) is 70.5 Å². The number of benzene rings is 2. The van der Waals surface area contributed by atoms with Crippen LogP contribution in [0.25, 0.3) is 0 Å². The summed E-state index contributed by atoms with van der Waals surface area (Å²) in [7, 11) is 0. The molecule has 0 atom stereocenters. The molecule has 1 fully saturated rings. The fraction of sp³-hybridized carbons (Fsp3) is 0.333. The molecule has 20 heavy (non-hydrogen) atoms. The Balaban J connectivity index is 1.81. The van der Waals surface area contributed by atoms with Gasteiger partial charge in [0.1, 0.15) is 0 Å². The van der Waals surface area contributed by atoms with Crippen molar-refractivity contribution in [2.24, 2.45) is 0 Å². The van der Waals surface area contributed by atoms with E-state index in [9.17, 15) is 0 Å². The molecule has 3 rings (SSSR count). The predicted molar refractivity (Wildman–Crippen MR) is 90.4 cm³/mol. The van der Waals surface area contributed by atoms with Gasteiger partial charge in [-0.15, -0.1) is 23.5 Å². The van der Waals surface area contributed by atoms with Crippen molar-refractivity contribution in [3.63, 3.8) is 0 Å². The van der Waals surface area contributed by atoms with Crippen LogP contribution < -0.4 is 0 Å². The summed E-state index contributed by atoms with van der Waals surface area (Å²) in [5.41, 5.74) is 0. The number of thioether (sulfide) groups is 2. The Kier molecular flexibility index (Phi) is 4.74. The maximum atomic E-state index is 2.24. The van der Waals surface area contributed by atoms with Crippen LogP contribution in [-0.2, 0) is 0 Å². The van der Waals surface area contributed by atoms with E-state index in [1.807, 2.05) is 0 Å². The van der Waals surface area contributed by atoms with Crippen molar-refractivity contribution in [2.75, 3.05) is 0 Å². The number of hydrogen-bond acceptors (Lipinski definition) is 2. The zero-order valence-corrected chi connectivity index (χ0v) is 13.3. The molecule has 104 valence electrons. The molecule has 1 saturated carbocycles. The topological polar surface area (TPSA) is 0 Å². The third-order valence-corrected chi connectivity index (χ3v) is 6.79. The Hall–Kier alpha value is -0.860. The van der Waals surface area contributed by atoms with Gasteiger partial charge in [-0.25, -0.2) is 0 Å². The highest BCUT2D eigenvalue weighted by atomic mass is 32.2. The highest BCUT2D eigenvalue weighted by Gasteiger charge is 2.34. The van der Waals surface area contributed by atoms with Crippen molar-refractivity contribution in [3.05, 3.63) is 60.7 Å². The van der Waals surface area contributed by atoms with Crippen molar-refractivity contribution < 1.29 is 0 Å². The van der Waals surface area contributed by atoms with E-state index in [0.29, 0.717) is 4.08 Å². The van der Waals surface area contributed by atoms with Crippen LogP contribution in [0.5, 0.6) is 0 Å². The van der Waals surface area contributed by atoms with Gasteiger partial charge in [-0.3, -0.25) is 0 Å². The maximum absolute atomic E-state index is 2.24. The Labute approximate surface area is 130 Å². The second kappa shape index (κ2) is 6.73. The quantitative estimate of drug-likeness (QED) is 0.614. The van der Waals surface area contributed by atoms with E-state index in [1.165, 1.54) is 41.9 Å². The molecule has 0 N–H and O–H groups in total. The van der Waals surface area contributed by atoms with E-state index >= 15 is 0 Å². The van der Waals surface area contributed by atoms with Gasteiger partial charge in [-0.1, -0.05) is 55.7 Å². The zero-order chi connectivity index (χ0) is 13.7. The molecular formula is C18H20S2. The normalized spacial score (nSPS) is 17.8. The van der Waals surface area contributed by atoms with Crippen LogP contribution in [0.1, 0.15) is 32.1 Å². The molecule has 0 heterocycles. The van der Waals surface area contributed by atoms with Gasteiger partial charge in [0.25, 0.3) is 0 Å². The first kappa shape index (κ1) is 14.1. The van der Waals surface area contributed by atoms with Gasteiger partial charge in [0.2, 0.25) is 0 Å². The highest BCUT2D eigenvalue weighted by molar-refractivity contribution is 8.18. The summed E-state index contributed by atoms with van der Waals surface area (Å²) in [5.74, 6) is 0. The minimum atomic E-state index is 0.320. The molecule has 0 aliphatic heterocycles. The van der Waals surface area contributed by atoms with Gasteiger partial charge in [0.15, 0.2) is 0 Å². The first-order chi connectivity index (χ1) is 9.86. The van der Waals surface area contributed by atoms with Gasteiger partial charge in [0, 0.05) is 9.79 Å². The van der Waals surface area contributed by atoms with E-state index in [1.54, 1.807) is 0 Å². The molecule has 0 saturated heterocycles. The highest BCUT2D eigenvalue weighted by Crippen LogP contribution is 2.53. The van der Waals surface area contributed by atoms with Crippen molar-refractivity contribution in [1.82, 2.24) is 0 Å². The lowest BCUT2D eigenvalue weighted by molar-refractivity contribution is 0.490. The molecule has 0 nitrogen and oxygen atoms in total. The van der Waals surface area contributed by atoms with Crippen LogP contribution in [0, 0.1) is 0 Å². The summed E-state index contributed by atoms with van der Waals surface area (Å²) in [5, 5.41) is 0. The van der Waals surface area contributed by atoms with Crippen LogP contribution in [0.2, 0.25) is 0 Å². The van der Waals surface area contributed by atoms with Crippen LogP contribution in [0.4, 0.5) is 0 Å². The van der Waals surface area contributed by atoms with E-state index in [0.717, 1.165) is 0 Å². The minimum absolute atomic E-state index is 0.320. The van der Waals surface area contributed by atoms with E-state index in [-0.39, 0.29) is 0 Å². The number of rotatable bonds is 4. The summed E-state index contributed by atoms with van der Waals surface area (Å²) in [4.78, 5) is 2.80. The summed E-state index contributed by atoms with van der Waals surface area (Å²) in [6, 6.07) is 21.7. The fourth-order valence-electron chi connectivity index (χ4n) is 2.72. The molecular weight excluding hydrogens is 280 g/mol. The average Bonchev–Trinajstić information content (AvgIpc) is 2.50. The van der Waals surface area contributed by atoms with Crippen LogP contribution >= 0.6 is 23.5 Å². The third kappa shape index (κ3) is 3.62. The Morgan fingerprint density at radius 2 is 1.05 bits per heavy atom. The molecule has 0 radical (unpaired) electrons. The standard InChI is InChI=1S/C18H20S2/c1-4-10-16(11-5-1)19-18(14-8-3-9-15-18)20-17-12-6-2-7-13-17/h1-2,4-7,10-13H,3,8-9,14-15H2. The second-order valence-electron chi connectivity index (χ2n) is 5.30. The van der Waals surface area contributed by atoms with Crippen molar-refractivity contribution >= 4 is 23.5 Å². The van der Waals surface area contributed by atoms with Gasteiger partial charge >= 0.3 is 0 Å². The van der Waals surface area contributed by atoms with Gasteiger partial charge in [-0.2, -0.15) is 0 Å². The van der Waals surface area contributed by atoms with Crippen LogP contribution in [0.3, 0.4) is 0 Å². The van der Waals surface area contributed by atoms with Gasteiger partial charge in [0.05, 0.1) is 4.08 Å². The number of hydrogen-bond donors (Lipinski definition) is 0. The molecule has 0 unspecified atom stereocenters. The fourth-order valence-corrected chi connectivity index (χ4v) is 5.90. The lowest BCUT2D eigenvalue weighted by Crippen LogP contribution is -2.23. The first-order valence-corrected chi connectivity index (χ1v) is 8.98. The summed E-state index contributed by atoms with van der Waals surface area (Å²) >= 11 is 4.14. The summed E-state index contributed by atoms with van der Waals surface area (Å²) in [6.45, 7) is 0. The zero-order valence-electron chi connectivity index (χ0n) is 11.6. The molecule has 2 aromatic carbocycles. The van der Waals surface area contributed by atoms with Crippen molar-refractivity contribution in [1.29, 1.82) is 0 Å². The Morgan fingerprint density at radius 1 is 0.600 bits per heavy atom. The largest absolute Gasteiger partial charge is 0.108 e.